The van der Waals surface area contributed by atoms with Crippen molar-refractivity contribution in [3.8, 4) is 11.5 Å². The molecule has 136 valence electrons. The van der Waals surface area contributed by atoms with Crippen LogP contribution in [0.5, 0.6) is 11.5 Å². The zero-order valence-electron chi connectivity index (χ0n) is 15.3. The Kier molecular flexibility index (Phi) is 6.38. The van der Waals surface area contributed by atoms with E-state index in [4.69, 9.17) is 9.47 Å². The van der Waals surface area contributed by atoms with Crippen molar-refractivity contribution in [1.29, 1.82) is 0 Å². The Balaban J connectivity index is 2.37. The van der Waals surface area contributed by atoms with Gasteiger partial charge in [0.1, 0.15) is 5.70 Å². The van der Waals surface area contributed by atoms with Crippen molar-refractivity contribution in [2.24, 2.45) is 0 Å². The van der Waals surface area contributed by atoms with Gasteiger partial charge in [-0.1, -0.05) is 24.3 Å². The van der Waals surface area contributed by atoms with Crippen LogP contribution >= 0.6 is 0 Å². The molecule has 2 aromatic rings. The van der Waals surface area contributed by atoms with Crippen molar-refractivity contribution in [2.75, 3.05) is 28.3 Å². The number of ether oxygens (including phenoxy) is 2. The first kappa shape index (κ1) is 19.1. The van der Waals surface area contributed by atoms with Crippen LogP contribution in [0.15, 0.2) is 54.2 Å². The smallest absolute Gasteiger partial charge is 0.269 e. The van der Waals surface area contributed by atoms with E-state index in [9.17, 15) is 9.59 Å². The largest absolute Gasteiger partial charge is 0.493 e. The summed E-state index contributed by atoms with van der Waals surface area (Å²) in [5.41, 5.74) is 1.33. The van der Waals surface area contributed by atoms with Gasteiger partial charge in [0.15, 0.2) is 11.5 Å². The van der Waals surface area contributed by atoms with E-state index in [-0.39, 0.29) is 17.5 Å². The third-order valence-electron chi connectivity index (χ3n) is 3.64. The van der Waals surface area contributed by atoms with Crippen LogP contribution in [0.25, 0.3) is 6.08 Å². The van der Waals surface area contributed by atoms with Crippen LogP contribution in [0.1, 0.15) is 15.9 Å². The highest BCUT2D eigenvalue weighted by molar-refractivity contribution is 6.05. The molecule has 26 heavy (non-hydrogen) atoms. The fourth-order valence-electron chi connectivity index (χ4n) is 2.29. The van der Waals surface area contributed by atoms with Crippen molar-refractivity contribution in [3.63, 3.8) is 0 Å². The summed E-state index contributed by atoms with van der Waals surface area (Å²) in [5.74, 6) is 0.447. The fraction of sp³-hybridized carbons (Fsp3) is 0.200. The first-order valence-corrected chi connectivity index (χ1v) is 7.98. The molecule has 0 bridgehead atoms. The Bertz CT molecular complexity index is 814. The van der Waals surface area contributed by atoms with Gasteiger partial charge >= 0.3 is 0 Å². The second kappa shape index (κ2) is 8.71. The Morgan fingerprint density at radius 2 is 1.62 bits per heavy atom. The summed E-state index contributed by atoms with van der Waals surface area (Å²) in [4.78, 5) is 26.3. The van der Waals surface area contributed by atoms with E-state index in [0.29, 0.717) is 22.6 Å². The van der Waals surface area contributed by atoms with Crippen LogP contribution < -0.4 is 14.8 Å². The maximum Gasteiger partial charge on any atom is 0.269 e. The lowest BCUT2D eigenvalue weighted by Gasteiger charge is -2.15. The molecule has 6 nitrogen and oxygen atoms in total. The molecule has 0 aliphatic heterocycles. The summed E-state index contributed by atoms with van der Waals surface area (Å²) in [7, 11) is 6.34. The molecule has 0 aliphatic rings. The minimum absolute atomic E-state index is 0.163. The van der Waals surface area contributed by atoms with Crippen LogP contribution in [0, 0.1) is 0 Å². The van der Waals surface area contributed by atoms with Gasteiger partial charge in [-0.05, 0) is 35.9 Å². The predicted octanol–water partition coefficient (Wildman–Crippen LogP) is 2.56. The SMILES string of the molecule is COc1ccc(C=C(NC(=O)c2ccccc2)C(=O)N(C)C)cc1OC. The summed E-state index contributed by atoms with van der Waals surface area (Å²) >= 11 is 0. The highest BCUT2D eigenvalue weighted by atomic mass is 16.5. The van der Waals surface area contributed by atoms with E-state index < -0.39 is 0 Å². The van der Waals surface area contributed by atoms with Gasteiger partial charge < -0.3 is 19.7 Å². The van der Waals surface area contributed by atoms with E-state index in [1.165, 1.54) is 12.0 Å². The number of benzene rings is 2. The van der Waals surface area contributed by atoms with Crippen LogP contribution in [0.4, 0.5) is 0 Å². The van der Waals surface area contributed by atoms with E-state index in [0.717, 1.165) is 0 Å². The molecule has 0 saturated heterocycles. The summed E-state index contributed by atoms with van der Waals surface area (Å²) in [6.45, 7) is 0. The Hall–Kier alpha value is -3.28. The number of amides is 2. The number of likely N-dealkylation sites (N-methyl/N-ethyl adjacent to an activating group) is 1. The van der Waals surface area contributed by atoms with Crippen LogP contribution in [-0.4, -0.2) is 45.0 Å². The summed E-state index contributed by atoms with van der Waals surface area (Å²) in [5, 5.41) is 2.69. The topological polar surface area (TPSA) is 67.9 Å². The third kappa shape index (κ3) is 4.63. The molecular formula is C20H22N2O4. The molecule has 0 radical (unpaired) electrons. The normalized spacial score (nSPS) is 10.8. The van der Waals surface area contributed by atoms with Crippen molar-refractivity contribution in [1.82, 2.24) is 10.2 Å². The molecule has 2 amide bonds. The molecular weight excluding hydrogens is 332 g/mol. The summed E-state index contributed by atoms with van der Waals surface area (Å²) in [6.07, 6.45) is 1.60. The van der Waals surface area contributed by atoms with Crippen molar-refractivity contribution < 1.29 is 19.1 Å². The fourth-order valence-corrected chi connectivity index (χ4v) is 2.29. The van der Waals surface area contributed by atoms with E-state index in [1.807, 2.05) is 6.07 Å². The van der Waals surface area contributed by atoms with Gasteiger partial charge in [0.2, 0.25) is 0 Å². The second-order valence-corrected chi connectivity index (χ2v) is 5.69. The van der Waals surface area contributed by atoms with Gasteiger partial charge in [-0.3, -0.25) is 9.59 Å². The van der Waals surface area contributed by atoms with Crippen LogP contribution in [0.3, 0.4) is 0 Å². The minimum Gasteiger partial charge on any atom is -0.493 e. The molecule has 0 atom stereocenters. The average molecular weight is 354 g/mol. The minimum atomic E-state index is -0.354. The van der Waals surface area contributed by atoms with Crippen molar-refractivity contribution >= 4 is 17.9 Å². The monoisotopic (exact) mass is 354 g/mol. The van der Waals surface area contributed by atoms with Crippen molar-refractivity contribution in [3.05, 3.63) is 65.4 Å². The lowest BCUT2D eigenvalue weighted by atomic mass is 10.1. The first-order chi connectivity index (χ1) is 12.5. The molecule has 6 heteroatoms. The predicted molar refractivity (Wildman–Crippen MR) is 100 cm³/mol. The number of hydrogen-bond donors (Lipinski definition) is 1. The van der Waals surface area contributed by atoms with E-state index >= 15 is 0 Å². The third-order valence-corrected chi connectivity index (χ3v) is 3.64. The van der Waals surface area contributed by atoms with Gasteiger partial charge in [0.05, 0.1) is 14.2 Å². The maximum absolute atomic E-state index is 12.5. The Morgan fingerprint density at radius 1 is 0.962 bits per heavy atom. The maximum atomic E-state index is 12.5. The molecule has 1 N–H and O–H groups in total. The van der Waals surface area contributed by atoms with Crippen LogP contribution in [0.2, 0.25) is 0 Å². The van der Waals surface area contributed by atoms with E-state index in [2.05, 4.69) is 5.32 Å². The zero-order valence-corrected chi connectivity index (χ0v) is 15.3. The number of nitrogens with one attached hydrogen (secondary N) is 1. The number of nitrogens with zero attached hydrogens (tertiary/aromatic N) is 1. The highest BCUT2D eigenvalue weighted by Gasteiger charge is 2.16. The number of carbonyl (C=O) groups excluding carboxylic acids is 2. The Morgan fingerprint density at radius 3 is 2.19 bits per heavy atom. The molecule has 0 aromatic heterocycles. The number of carbonyl (C=O) groups is 2. The zero-order chi connectivity index (χ0) is 19.1. The summed E-state index contributed by atoms with van der Waals surface area (Å²) < 4.78 is 10.5. The lowest BCUT2D eigenvalue weighted by molar-refractivity contribution is -0.124. The number of methoxy groups -OCH3 is 2. The second-order valence-electron chi connectivity index (χ2n) is 5.69. The first-order valence-electron chi connectivity index (χ1n) is 7.98. The van der Waals surface area contributed by atoms with Gasteiger partial charge in [0, 0.05) is 19.7 Å². The highest BCUT2D eigenvalue weighted by Crippen LogP contribution is 2.28. The van der Waals surface area contributed by atoms with Gasteiger partial charge in [0.25, 0.3) is 11.8 Å². The average Bonchev–Trinajstić information content (AvgIpc) is 2.67. The Labute approximate surface area is 153 Å². The number of rotatable bonds is 6. The molecule has 0 heterocycles. The molecule has 0 spiro atoms. The van der Waals surface area contributed by atoms with Gasteiger partial charge in [-0.15, -0.1) is 0 Å². The number of hydrogen-bond acceptors (Lipinski definition) is 4. The molecule has 0 fully saturated rings. The quantitative estimate of drug-likeness (QED) is 0.810. The molecule has 2 rings (SSSR count). The standard InChI is InChI=1S/C20H22N2O4/c1-22(2)20(24)16(21-19(23)15-8-6-5-7-9-15)12-14-10-11-17(25-3)18(13-14)26-4/h5-13H,1-4H3,(H,21,23). The van der Waals surface area contributed by atoms with E-state index in [1.54, 1.807) is 69.7 Å². The molecule has 2 aromatic carbocycles. The van der Waals surface area contributed by atoms with Crippen LogP contribution in [-0.2, 0) is 4.79 Å². The lowest BCUT2D eigenvalue weighted by Crippen LogP contribution is -2.34. The molecule has 0 unspecified atom stereocenters. The summed E-state index contributed by atoms with van der Waals surface area (Å²) in [6, 6.07) is 14.0. The molecule has 0 aliphatic carbocycles. The van der Waals surface area contributed by atoms with Gasteiger partial charge in [-0.2, -0.15) is 0 Å². The molecule has 0 saturated carbocycles. The van der Waals surface area contributed by atoms with Crippen molar-refractivity contribution in [2.45, 2.75) is 0 Å². The van der Waals surface area contributed by atoms with Gasteiger partial charge in [-0.25, -0.2) is 0 Å².